The van der Waals surface area contributed by atoms with Crippen LogP contribution in [0.1, 0.15) is 104 Å². The van der Waals surface area contributed by atoms with Gasteiger partial charge in [-0.3, -0.25) is 24.0 Å². The van der Waals surface area contributed by atoms with E-state index in [1.807, 2.05) is 0 Å². The number of hydrogen-bond donors (Lipinski definition) is 18. The van der Waals surface area contributed by atoms with Crippen molar-refractivity contribution in [1.29, 1.82) is 0 Å². The number of unbranched alkanes of at least 4 members (excludes halogenated alkanes) is 5. The number of carbonyl (C=O) groups excluding carboxylic acids is 5. The van der Waals surface area contributed by atoms with Crippen molar-refractivity contribution in [2.45, 2.75) is 271 Å². The molecule has 0 bridgehead atoms. The quantitative estimate of drug-likeness (QED) is 0.0171. The summed E-state index contributed by atoms with van der Waals surface area (Å²) in [6.45, 7) is 3.89. The van der Waals surface area contributed by atoms with Crippen LogP contribution in [0.25, 0.3) is 0 Å². The summed E-state index contributed by atoms with van der Waals surface area (Å²) in [5.41, 5.74) is 0.0439. The second-order valence-corrected chi connectivity index (χ2v) is 25.1. The number of nitrogens with one attached hydrogen (secondary N) is 5. The molecule has 100 heavy (non-hydrogen) atoms. The van der Waals surface area contributed by atoms with Crippen molar-refractivity contribution < 1.29 is 152 Å². The van der Waals surface area contributed by atoms with E-state index in [-0.39, 0.29) is 12.2 Å². The van der Waals surface area contributed by atoms with Crippen LogP contribution in [-0.4, -0.2) is 327 Å². The molecule has 15 unspecified atom stereocenters. The third-order valence-corrected chi connectivity index (χ3v) is 17.4. The summed E-state index contributed by atoms with van der Waals surface area (Å²) in [7, 11) is 1.21. The van der Waals surface area contributed by atoms with Gasteiger partial charge in [-0.05, 0) is 44.9 Å². The molecule has 36 nitrogen and oxygen atoms in total. The van der Waals surface area contributed by atoms with E-state index in [1.165, 1.54) is 33.1 Å². The molecule has 18 N–H and O–H groups in total. The first-order valence-electron chi connectivity index (χ1n) is 33.4. The second kappa shape index (κ2) is 40.8. The van der Waals surface area contributed by atoms with Crippen LogP contribution >= 0.6 is 0 Å². The lowest BCUT2D eigenvalue weighted by atomic mass is 9.94. The maximum absolute atomic E-state index is 13.9. The van der Waals surface area contributed by atoms with Gasteiger partial charge in [-0.15, -0.1) is 11.8 Å². The predicted molar refractivity (Wildman–Crippen MR) is 339 cm³/mol. The highest BCUT2D eigenvalue weighted by Gasteiger charge is 2.56. The number of aliphatic hydroxyl groups is 13. The number of carbonyl (C=O) groups is 5. The van der Waals surface area contributed by atoms with Crippen molar-refractivity contribution >= 4 is 29.5 Å². The molecule has 0 aromatic heterocycles. The molecule has 5 fully saturated rings. The van der Waals surface area contributed by atoms with E-state index in [0.717, 1.165) is 59.8 Å². The molecule has 1 aromatic carbocycles. The highest BCUT2D eigenvalue weighted by Crippen LogP contribution is 2.35. The summed E-state index contributed by atoms with van der Waals surface area (Å²) in [4.78, 5) is 64.8. The Morgan fingerprint density at radius 2 is 1.12 bits per heavy atom. The third-order valence-electron chi connectivity index (χ3n) is 17.4. The van der Waals surface area contributed by atoms with E-state index in [0.29, 0.717) is 18.6 Å². The summed E-state index contributed by atoms with van der Waals surface area (Å²) in [5, 5.41) is 157. The summed E-state index contributed by atoms with van der Waals surface area (Å²) in [6, 6.07) is -2.24. The summed E-state index contributed by atoms with van der Waals surface area (Å²) in [6.07, 6.45) is -34.2. The van der Waals surface area contributed by atoms with Crippen LogP contribution in [0.15, 0.2) is 24.3 Å². The molecule has 5 heterocycles. The van der Waals surface area contributed by atoms with Gasteiger partial charge in [0.05, 0.1) is 58.5 Å². The van der Waals surface area contributed by atoms with Crippen LogP contribution in [0.3, 0.4) is 0 Å². The Kier molecular flexibility index (Phi) is 34.3. The Morgan fingerprint density at radius 3 is 1.71 bits per heavy atom. The number of hydrogen-bond acceptors (Lipinski definition) is 31. The number of benzene rings is 1. The SMILES string of the molecule is CCCCCCC#CCCCOc1cccc(C(=O)N[C@@H]2C(O[C@H]3C(O)C(NC(C)=O)[C@H](OC(C)C(CO)O[C@@H](O[C@H]4C(O)C(NC(C)=O)C(OC5C(CO[C@@H]6OC(C)C(O)[C@H](O)[C@H]6OC)OC(O)[C@@H](NC(C)=O)[C@H]5O)O[C@H]4CO)[C@H](CO)NC(C)=O)O[C@H]3CO)OC(CO)[C@@H](O)C2O)c1. The van der Waals surface area contributed by atoms with Gasteiger partial charge < -0.3 is 155 Å². The smallest absolute Gasteiger partial charge is 0.251 e. The Balaban J connectivity index is 1.20. The topological polar surface area (TPSA) is 528 Å². The second-order valence-electron chi connectivity index (χ2n) is 25.1. The van der Waals surface area contributed by atoms with Gasteiger partial charge >= 0.3 is 0 Å². The lowest BCUT2D eigenvalue weighted by Crippen LogP contribution is -2.70. The highest BCUT2D eigenvalue weighted by molar-refractivity contribution is 5.94. The summed E-state index contributed by atoms with van der Waals surface area (Å²) in [5.74, 6) is 2.71. The Hall–Kier alpha value is -5.07. The van der Waals surface area contributed by atoms with Gasteiger partial charge in [0.25, 0.3) is 5.91 Å². The Morgan fingerprint density at radius 1 is 0.560 bits per heavy atom. The van der Waals surface area contributed by atoms with Crippen molar-refractivity contribution in [3.8, 4) is 17.6 Å². The largest absolute Gasteiger partial charge is 0.494 e. The van der Waals surface area contributed by atoms with Crippen molar-refractivity contribution in [2.75, 3.05) is 53.4 Å². The van der Waals surface area contributed by atoms with Crippen molar-refractivity contribution in [3.63, 3.8) is 0 Å². The molecule has 6 rings (SSSR count). The zero-order chi connectivity index (χ0) is 73.7. The van der Waals surface area contributed by atoms with Gasteiger partial charge in [0, 0.05) is 53.2 Å². The van der Waals surface area contributed by atoms with Gasteiger partial charge in [-0.2, -0.15) is 0 Å². The average Bonchev–Trinajstić information content (AvgIpc) is 0.778. The van der Waals surface area contributed by atoms with E-state index in [2.05, 4.69) is 45.3 Å². The molecular formula is C64H103N5O31. The van der Waals surface area contributed by atoms with Gasteiger partial charge in [0.2, 0.25) is 23.6 Å². The molecule has 570 valence electrons. The maximum atomic E-state index is 13.9. The molecule has 5 aliphatic heterocycles. The molecule has 5 aliphatic rings. The summed E-state index contributed by atoms with van der Waals surface area (Å²) < 4.78 is 78.0. The van der Waals surface area contributed by atoms with E-state index in [4.69, 9.17) is 61.6 Å². The first kappa shape index (κ1) is 83.9. The third kappa shape index (κ3) is 22.7. The number of rotatable bonds is 35. The number of aliphatic hydroxyl groups excluding tert-OH is 13. The lowest BCUT2D eigenvalue weighted by molar-refractivity contribution is -0.354. The molecule has 5 saturated heterocycles. The monoisotopic (exact) mass is 1440 g/mol. The molecular weight excluding hydrogens is 1330 g/mol. The number of methoxy groups -OCH3 is 1. The highest BCUT2D eigenvalue weighted by atomic mass is 16.8. The Labute approximate surface area is 578 Å². The fourth-order valence-electron chi connectivity index (χ4n) is 12.1. The summed E-state index contributed by atoms with van der Waals surface area (Å²) >= 11 is 0. The lowest BCUT2D eigenvalue weighted by Gasteiger charge is -2.49. The van der Waals surface area contributed by atoms with Crippen LogP contribution in [-0.2, 0) is 76.0 Å². The minimum Gasteiger partial charge on any atom is -0.494 e. The van der Waals surface area contributed by atoms with Crippen molar-refractivity contribution in [2.24, 2.45) is 0 Å². The van der Waals surface area contributed by atoms with E-state index >= 15 is 0 Å². The normalized spacial score (nSPS) is 35.8. The van der Waals surface area contributed by atoms with Crippen molar-refractivity contribution in [1.82, 2.24) is 26.6 Å². The van der Waals surface area contributed by atoms with Crippen LogP contribution < -0.4 is 31.3 Å². The van der Waals surface area contributed by atoms with Gasteiger partial charge in [-0.25, -0.2) is 0 Å². The van der Waals surface area contributed by atoms with Crippen LogP contribution in [0, 0.1) is 11.8 Å². The zero-order valence-corrected chi connectivity index (χ0v) is 57.1. The molecule has 1 aromatic rings. The molecule has 0 aliphatic carbocycles. The molecule has 36 heteroatoms. The maximum Gasteiger partial charge on any atom is 0.251 e. The van der Waals surface area contributed by atoms with E-state index in [1.54, 1.807) is 12.1 Å². The van der Waals surface area contributed by atoms with E-state index < -0.39 is 247 Å². The Bertz CT molecular complexity index is 2760. The molecule has 29 atom stereocenters. The number of ether oxygens (including phenoxy) is 13. The molecule has 0 radical (unpaired) electrons. The fourth-order valence-corrected chi connectivity index (χ4v) is 12.1. The van der Waals surface area contributed by atoms with Gasteiger partial charge in [0.15, 0.2) is 37.7 Å². The zero-order valence-electron chi connectivity index (χ0n) is 57.1. The molecule has 0 saturated carbocycles. The molecule has 5 amide bonds. The minimum absolute atomic E-state index is 0.0439. The van der Waals surface area contributed by atoms with Gasteiger partial charge in [-0.1, -0.05) is 32.3 Å². The number of amides is 5. The van der Waals surface area contributed by atoms with E-state index in [9.17, 15) is 90.4 Å². The average molecular weight is 1440 g/mol. The van der Waals surface area contributed by atoms with Crippen LogP contribution in [0.2, 0.25) is 0 Å². The molecule has 0 spiro atoms. The van der Waals surface area contributed by atoms with Gasteiger partial charge in [0.1, 0.15) is 134 Å². The fraction of sp³-hybridized carbons (Fsp3) is 0.797. The minimum atomic E-state index is -2.06. The predicted octanol–water partition coefficient (Wildman–Crippen LogP) is -6.64. The van der Waals surface area contributed by atoms with Crippen molar-refractivity contribution in [3.05, 3.63) is 29.8 Å². The van der Waals surface area contributed by atoms with Crippen LogP contribution in [0.5, 0.6) is 5.75 Å². The standard InChI is InChI=1S/C64H103N5O31/c1-9-10-11-12-13-14-15-16-17-21-89-36-20-18-19-35(22-36)58(86)69-44-49(81)48(80)39(25-72)95-62(44)99-55-41(27-74)96-61(45(51(55)83)67-33(6)77)91-29(2)38(24-71)94-60(37(23-70)65-31(4)75)98-54-40(26-73)97-63(46(52(54)84)68-34(7)78)100-56-42(93-59(87)43(50(56)82)66-32(5)76)28-90-64-57(88-8)53(85)47(79)30(3)92-64/h18-20,22,29-30,37-57,59-64,70-74,79-85,87H,9-13,16-17,21,23-28H2,1-8H3,(H,65,75)(H,66,76)(H,67,77)(H,68,78)(H,69,86)/t29?,30?,37-,38?,39?,40-,41-,42?,43-,44-,45?,46?,47?,48+,49?,50+,51?,52?,53-,54+,55+,56?,57+,59?,60-,61+,62?,63?,64+/m0/s1. The van der Waals surface area contributed by atoms with Crippen LogP contribution in [0.4, 0.5) is 0 Å². The first-order chi connectivity index (χ1) is 47.6. The first-order valence-corrected chi connectivity index (χ1v) is 33.4.